The van der Waals surface area contributed by atoms with E-state index >= 15 is 0 Å². The van der Waals surface area contributed by atoms with Gasteiger partial charge in [-0.15, -0.1) is 0 Å². The highest BCUT2D eigenvalue weighted by molar-refractivity contribution is 7.99. The van der Waals surface area contributed by atoms with Crippen molar-refractivity contribution >= 4 is 45.1 Å². The van der Waals surface area contributed by atoms with E-state index in [4.69, 9.17) is 19.7 Å². The molecule has 0 saturated heterocycles. The molecule has 6 heteroatoms. The zero-order chi connectivity index (χ0) is 29.7. The Labute approximate surface area is 263 Å². The van der Waals surface area contributed by atoms with Crippen LogP contribution in [-0.2, 0) is 6.42 Å². The van der Waals surface area contributed by atoms with Crippen LogP contribution in [0, 0.1) is 0 Å². The average molecular weight is 615 g/mol. The van der Waals surface area contributed by atoms with Gasteiger partial charge in [0.15, 0.2) is 0 Å². The van der Waals surface area contributed by atoms with Crippen LogP contribution in [0.2, 0.25) is 0 Å². The van der Waals surface area contributed by atoms with Crippen LogP contribution in [0.4, 0.5) is 0 Å². The van der Waals surface area contributed by atoms with Gasteiger partial charge in [-0.2, -0.15) is 23.5 Å². The predicted octanol–water partition coefficient (Wildman–Crippen LogP) is 9.45. The normalized spacial score (nSPS) is 11.5. The van der Waals surface area contributed by atoms with Crippen LogP contribution < -0.4 is 9.47 Å². The summed E-state index contributed by atoms with van der Waals surface area (Å²) in [6.07, 6.45) is 15.7. The Morgan fingerprint density at radius 1 is 0.524 bits per heavy atom. The lowest BCUT2D eigenvalue weighted by atomic mass is 9.98. The lowest BCUT2D eigenvalue weighted by Gasteiger charge is -2.18. The minimum atomic E-state index is 0.291. The molecule has 0 bridgehead atoms. The number of benzene rings is 3. The molecule has 0 radical (unpaired) electrons. The second kappa shape index (κ2) is 22.0. The van der Waals surface area contributed by atoms with E-state index < -0.39 is 0 Å². The highest BCUT2D eigenvalue weighted by Crippen LogP contribution is 2.43. The summed E-state index contributed by atoms with van der Waals surface area (Å²) in [5, 5.41) is 22.4. The van der Waals surface area contributed by atoms with Gasteiger partial charge < -0.3 is 19.7 Å². The van der Waals surface area contributed by atoms with Crippen LogP contribution in [0.3, 0.4) is 0 Å². The number of fused-ring (bicyclic) bond motifs is 2. The SMILES string of the molecule is CCc1ccc2c(OCCCCCCCCSCCO)c3ccccc3c(OCCCCCCCCSCCO)c2c1. The summed E-state index contributed by atoms with van der Waals surface area (Å²) < 4.78 is 13.1. The van der Waals surface area contributed by atoms with E-state index in [2.05, 4.69) is 49.4 Å². The molecule has 0 saturated carbocycles. The first-order valence-electron chi connectivity index (χ1n) is 16.4. The van der Waals surface area contributed by atoms with Crippen LogP contribution >= 0.6 is 23.5 Å². The molecule has 3 aromatic carbocycles. The molecule has 0 heterocycles. The standard InChI is InChI=1S/C36H54O4S2/c1-2-30-19-20-33-34(29-30)36(40-24-14-8-4-6-10-16-26-42-28-22-38)32-18-12-11-17-31(32)35(33)39-23-13-7-3-5-9-15-25-41-27-21-37/h11-12,17-20,29,37-38H,2-10,13-16,21-28H2,1H3. The highest BCUT2D eigenvalue weighted by Gasteiger charge is 2.16. The van der Waals surface area contributed by atoms with Crippen LogP contribution in [0.5, 0.6) is 11.5 Å². The van der Waals surface area contributed by atoms with Gasteiger partial charge in [0, 0.05) is 33.1 Å². The number of hydrogen-bond acceptors (Lipinski definition) is 6. The Kier molecular flexibility index (Phi) is 18.3. The molecular formula is C36H54O4S2. The topological polar surface area (TPSA) is 58.9 Å². The molecule has 0 atom stereocenters. The Bertz CT molecular complexity index is 1140. The molecular weight excluding hydrogens is 561 g/mol. The molecule has 4 nitrogen and oxygen atoms in total. The van der Waals surface area contributed by atoms with Gasteiger partial charge in [-0.1, -0.05) is 94.7 Å². The maximum atomic E-state index is 8.88. The van der Waals surface area contributed by atoms with E-state index in [-0.39, 0.29) is 0 Å². The third-order valence-electron chi connectivity index (χ3n) is 7.73. The zero-order valence-corrected chi connectivity index (χ0v) is 27.6. The van der Waals surface area contributed by atoms with Crippen molar-refractivity contribution < 1.29 is 19.7 Å². The number of rotatable bonds is 25. The second-order valence-electron chi connectivity index (χ2n) is 11.0. The maximum Gasteiger partial charge on any atom is 0.135 e. The first-order chi connectivity index (χ1) is 20.8. The third-order valence-corrected chi connectivity index (χ3v) is 9.83. The van der Waals surface area contributed by atoms with E-state index in [0.717, 1.165) is 83.1 Å². The van der Waals surface area contributed by atoms with Crippen molar-refractivity contribution in [3.8, 4) is 11.5 Å². The summed E-state index contributed by atoms with van der Waals surface area (Å²) in [6, 6.07) is 15.3. The predicted molar refractivity (Wildman–Crippen MR) is 186 cm³/mol. The molecule has 0 aliphatic carbocycles. The number of aliphatic hydroxyl groups is 2. The molecule has 0 fully saturated rings. The minimum absolute atomic E-state index is 0.291. The third kappa shape index (κ3) is 12.2. The maximum absolute atomic E-state index is 8.88. The average Bonchev–Trinajstić information content (AvgIpc) is 3.02. The van der Waals surface area contributed by atoms with E-state index in [1.54, 1.807) is 0 Å². The highest BCUT2D eigenvalue weighted by atomic mass is 32.2. The lowest BCUT2D eigenvalue weighted by Crippen LogP contribution is -2.03. The number of aliphatic hydroxyl groups excluding tert-OH is 2. The molecule has 0 unspecified atom stereocenters. The summed E-state index contributed by atoms with van der Waals surface area (Å²) >= 11 is 3.71. The number of unbranched alkanes of at least 4 members (excludes halogenated alkanes) is 10. The van der Waals surface area contributed by atoms with Crippen molar-refractivity contribution in [1.29, 1.82) is 0 Å². The molecule has 3 aromatic rings. The Balaban J connectivity index is 1.55. The molecule has 0 spiro atoms. The summed E-state index contributed by atoms with van der Waals surface area (Å²) in [5.41, 5.74) is 1.32. The monoisotopic (exact) mass is 614 g/mol. The van der Waals surface area contributed by atoms with Gasteiger partial charge in [0.2, 0.25) is 0 Å². The van der Waals surface area contributed by atoms with Gasteiger partial charge in [-0.3, -0.25) is 0 Å². The smallest absolute Gasteiger partial charge is 0.135 e. The molecule has 2 N–H and O–H groups in total. The first-order valence-corrected chi connectivity index (χ1v) is 18.7. The van der Waals surface area contributed by atoms with Crippen LogP contribution in [-0.4, -0.2) is 59.7 Å². The molecule has 0 amide bonds. The van der Waals surface area contributed by atoms with Crippen LogP contribution in [0.1, 0.15) is 89.5 Å². The van der Waals surface area contributed by atoms with Crippen LogP contribution in [0.15, 0.2) is 42.5 Å². The van der Waals surface area contributed by atoms with Gasteiger partial charge in [-0.25, -0.2) is 0 Å². The number of hydrogen-bond donors (Lipinski definition) is 2. The largest absolute Gasteiger partial charge is 0.492 e. The van der Waals surface area contributed by atoms with Crippen molar-refractivity contribution in [3.05, 3.63) is 48.0 Å². The van der Waals surface area contributed by atoms with Gasteiger partial charge in [0.25, 0.3) is 0 Å². The van der Waals surface area contributed by atoms with E-state index in [0.29, 0.717) is 13.2 Å². The fourth-order valence-electron chi connectivity index (χ4n) is 5.39. The summed E-state index contributed by atoms with van der Waals surface area (Å²) in [4.78, 5) is 0. The number of ether oxygens (including phenoxy) is 2. The van der Waals surface area contributed by atoms with Gasteiger partial charge in [-0.05, 0) is 55.2 Å². The van der Waals surface area contributed by atoms with Gasteiger partial charge in [0.05, 0.1) is 26.4 Å². The zero-order valence-electron chi connectivity index (χ0n) is 25.9. The first kappa shape index (κ1) is 34.9. The molecule has 0 aliphatic heterocycles. The van der Waals surface area contributed by atoms with Gasteiger partial charge in [0.1, 0.15) is 11.5 Å². The number of aryl methyl sites for hydroxylation is 1. The summed E-state index contributed by atoms with van der Waals surface area (Å²) in [6.45, 7) is 4.26. The van der Waals surface area contributed by atoms with Gasteiger partial charge >= 0.3 is 0 Å². The summed E-state index contributed by atoms with van der Waals surface area (Å²) in [7, 11) is 0. The molecule has 42 heavy (non-hydrogen) atoms. The van der Waals surface area contributed by atoms with Crippen molar-refractivity contribution in [2.45, 2.75) is 90.4 Å². The van der Waals surface area contributed by atoms with Crippen molar-refractivity contribution in [3.63, 3.8) is 0 Å². The van der Waals surface area contributed by atoms with E-state index in [1.165, 1.54) is 75.2 Å². The Hall–Kier alpha value is -1.60. The minimum Gasteiger partial charge on any atom is -0.492 e. The summed E-state index contributed by atoms with van der Waals surface area (Å²) in [5.74, 6) is 6.05. The fourth-order valence-corrected chi connectivity index (χ4v) is 6.87. The molecule has 0 aromatic heterocycles. The van der Waals surface area contributed by atoms with Crippen molar-refractivity contribution in [2.75, 3.05) is 49.4 Å². The van der Waals surface area contributed by atoms with E-state index in [9.17, 15) is 0 Å². The lowest BCUT2D eigenvalue weighted by molar-refractivity contribution is 0.306. The second-order valence-corrected chi connectivity index (χ2v) is 13.5. The van der Waals surface area contributed by atoms with Crippen molar-refractivity contribution in [1.82, 2.24) is 0 Å². The van der Waals surface area contributed by atoms with Crippen LogP contribution in [0.25, 0.3) is 21.5 Å². The number of thioether (sulfide) groups is 2. The molecule has 0 aliphatic rings. The molecule has 234 valence electrons. The van der Waals surface area contributed by atoms with Crippen molar-refractivity contribution in [2.24, 2.45) is 0 Å². The Morgan fingerprint density at radius 2 is 0.976 bits per heavy atom. The van der Waals surface area contributed by atoms with E-state index in [1.807, 2.05) is 23.5 Å². The Morgan fingerprint density at radius 3 is 1.48 bits per heavy atom. The molecule has 3 rings (SSSR count). The quantitative estimate of drug-likeness (QED) is 0.0732. The fraction of sp³-hybridized carbons (Fsp3) is 0.611.